The molecule has 1 aromatic heterocycles. The van der Waals surface area contributed by atoms with Crippen LogP contribution in [0.25, 0.3) is 0 Å². The van der Waals surface area contributed by atoms with Crippen molar-refractivity contribution >= 4 is 0 Å². The van der Waals surface area contributed by atoms with Crippen LogP contribution in [0.1, 0.15) is 64.0 Å². The normalized spacial score (nSPS) is 24.8. The van der Waals surface area contributed by atoms with E-state index in [0.29, 0.717) is 6.04 Å². The van der Waals surface area contributed by atoms with Gasteiger partial charge in [0.15, 0.2) is 0 Å². The molecule has 5 heteroatoms. The molecule has 21 heavy (non-hydrogen) atoms. The van der Waals surface area contributed by atoms with Crippen molar-refractivity contribution in [1.82, 2.24) is 20.1 Å². The molecule has 0 radical (unpaired) electrons. The summed E-state index contributed by atoms with van der Waals surface area (Å²) in [5.74, 6) is 2.27. The van der Waals surface area contributed by atoms with Crippen LogP contribution >= 0.6 is 0 Å². The molecule has 0 aliphatic carbocycles. The van der Waals surface area contributed by atoms with E-state index in [0.717, 1.165) is 57.6 Å². The Hall–Kier alpha value is -0.940. The quantitative estimate of drug-likeness (QED) is 0.905. The lowest BCUT2D eigenvalue weighted by Crippen LogP contribution is -2.46. The van der Waals surface area contributed by atoms with Gasteiger partial charge in [0.25, 0.3) is 0 Å². The maximum atomic E-state index is 6.05. The van der Waals surface area contributed by atoms with Gasteiger partial charge in [-0.25, -0.2) is 0 Å². The Morgan fingerprint density at radius 1 is 1.29 bits per heavy atom. The molecule has 2 aliphatic rings. The molecule has 0 amide bonds. The number of nitrogens with zero attached hydrogens (tertiary/aromatic N) is 3. The summed E-state index contributed by atoms with van der Waals surface area (Å²) < 4.78 is 8.36. The van der Waals surface area contributed by atoms with Crippen LogP contribution in [0.15, 0.2) is 0 Å². The fraction of sp³-hybridized carbons (Fsp3) is 0.875. The SMILES string of the molecule is CCC1(CC)CC(NCc2nnc3n2CCCC3)CCO1. The Kier molecular flexibility index (Phi) is 4.60. The molecule has 1 unspecified atom stereocenters. The summed E-state index contributed by atoms with van der Waals surface area (Å²) in [5, 5.41) is 12.4. The summed E-state index contributed by atoms with van der Waals surface area (Å²) in [6, 6.07) is 0.537. The summed E-state index contributed by atoms with van der Waals surface area (Å²) in [5.41, 5.74) is 0.0835. The van der Waals surface area contributed by atoms with Gasteiger partial charge in [0.1, 0.15) is 11.6 Å². The van der Waals surface area contributed by atoms with E-state index in [1.54, 1.807) is 0 Å². The lowest BCUT2D eigenvalue weighted by Gasteiger charge is -2.40. The van der Waals surface area contributed by atoms with E-state index < -0.39 is 0 Å². The highest BCUT2D eigenvalue weighted by Gasteiger charge is 2.34. The average molecular weight is 292 g/mol. The van der Waals surface area contributed by atoms with Crippen LogP contribution in [0, 0.1) is 0 Å². The lowest BCUT2D eigenvalue weighted by molar-refractivity contribution is -0.0932. The predicted molar refractivity (Wildman–Crippen MR) is 82.1 cm³/mol. The number of hydrogen-bond acceptors (Lipinski definition) is 4. The first-order chi connectivity index (χ1) is 10.3. The third kappa shape index (κ3) is 3.14. The van der Waals surface area contributed by atoms with Gasteiger partial charge < -0.3 is 14.6 Å². The summed E-state index contributed by atoms with van der Waals surface area (Å²) in [6.07, 6.45) is 8.00. The predicted octanol–water partition coefficient (Wildman–Crippen LogP) is 2.44. The molecule has 0 spiro atoms. The first-order valence-electron chi connectivity index (χ1n) is 8.54. The van der Waals surface area contributed by atoms with Gasteiger partial charge >= 0.3 is 0 Å². The molecule has 1 N–H and O–H groups in total. The molecule has 0 bridgehead atoms. The third-order valence-corrected chi connectivity index (χ3v) is 5.27. The topological polar surface area (TPSA) is 52.0 Å². The van der Waals surface area contributed by atoms with E-state index in [1.807, 2.05) is 0 Å². The number of aryl methyl sites for hydroxylation is 1. The second-order valence-electron chi connectivity index (χ2n) is 6.45. The van der Waals surface area contributed by atoms with Crippen molar-refractivity contribution in [1.29, 1.82) is 0 Å². The molecular weight excluding hydrogens is 264 g/mol. The van der Waals surface area contributed by atoms with E-state index in [1.165, 1.54) is 18.7 Å². The van der Waals surface area contributed by atoms with Gasteiger partial charge in [0, 0.05) is 25.6 Å². The molecular formula is C16H28N4O. The van der Waals surface area contributed by atoms with Crippen molar-refractivity contribution < 1.29 is 4.74 Å². The van der Waals surface area contributed by atoms with E-state index in [9.17, 15) is 0 Å². The monoisotopic (exact) mass is 292 g/mol. The second kappa shape index (κ2) is 6.44. The van der Waals surface area contributed by atoms with Gasteiger partial charge in [-0.3, -0.25) is 0 Å². The molecule has 0 saturated carbocycles. The van der Waals surface area contributed by atoms with Gasteiger partial charge in [-0.1, -0.05) is 13.8 Å². The van der Waals surface area contributed by atoms with Crippen LogP contribution in [0.2, 0.25) is 0 Å². The molecule has 3 rings (SSSR count). The second-order valence-corrected chi connectivity index (χ2v) is 6.45. The maximum Gasteiger partial charge on any atom is 0.147 e. The van der Waals surface area contributed by atoms with Crippen LogP contribution in [0.4, 0.5) is 0 Å². The van der Waals surface area contributed by atoms with E-state index in [-0.39, 0.29) is 5.60 Å². The van der Waals surface area contributed by atoms with E-state index >= 15 is 0 Å². The maximum absolute atomic E-state index is 6.05. The molecule has 0 aromatic carbocycles. The zero-order chi connectivity index (χ0) is 14.7. The largest absolute Gasteiger partial charge is 0.375 e. The average Bonchev–Trinajstić information content (AvgIpc) is 2.96. The summed E-state index contributed by atoms with van der Waals surface area (Å²) in [7, 11) is 0. The third-order valence-electron chi connectivity index (χ3n) is 5.27. The number of nitrogens with one attached hydrogen (secondary N) is 1. The highest BCUT2D eigenvalue weighted by Crippen LogP contribution is 2.31. The minimum absolute atomic E-state index is 0.0835. The first-order valence-corrected chi connectivity index (χ1v) is 8.54. The molecule has 5 nitrogen and oxygen atoms in total. The molecule has 3 heterocycles. The Balaban J connectivity index is 1.59. The van der Waals surface area contributed by atoms with Crippen LogP contribution < -0.4 is 5.32 Å². The van der Waals surface area contributed by atoms with Crippen LogP contribution in [-0.4, -0.2) is 33.0 Å². The first kappa shape index (κ1) is 15.0. The highest BCUT2D eigenvalue weighted by molar-refractivity contribution is 4.99. The minimum Gasteiger partial charge on any atom is -0.375 e. The van der Waals surface area contributed by atoms with Crippen LogP contribution in [0.3, 0.4) is 0 Å². The van der Waals surface area contributed by atoms with Crippen molar-refractivity contribution in [2.45, 2.75) is 83.5 Å². The lowest BCUT2D eigenvalue weighted by atomic mass is 9.86. The molecule has 1 saturated heterocycles. The Bertz CT molecular complexity index is 467. The highest BCUT2D eigenvalue weighted by atomic mass is 16.5. The fourth-order valence-corrected chi connectivity index (χ4v) is 3.68. The van der Waals surface area contributed by atoms with Crippen LogP contribution in [0.5, 0.6) is 0 Å². The van der Waals surface area contributed by atoms with Crippen molar-refractivity contribution in [3.8, 4) is 0 Å². The van der Waals surface area contributed by atoms with Crippen molar-refractivity contribution in [3.63, 3.8) is 0 Å². The van der Waals surface area contributed by atoms with E-state index in [2.05, 4.69) is 33.9 Å². The zero-order valence-corrected chi connectivity index (χ0v) is 13.4. The molecule has 118 valence electrons. The standard InChI is InChI=1S/C16H28N4O/c1-3-16(4-2)11-13(8-10-21-16)17-12-15-19-18-14-7-5-6-9-20(14)15/h13,17H,3-12H2,1-2H3. The van der Waals surface area contributed by atoms with Gasteiger partial charge in [0.2, 0.25) is 0 Å². The van der Waals surface area contributed by atoms with Gasteiger partial charge in [-0.05, 0) is 38.5 Å². The number of aromatic nitrogens is 3. The number of fused-ring (bicyclic) bond motifs is 1. The molecule has 2 aliphatic heterocycles. The molecule has 1 aromatic rings. The van der Waals surface area contributed by atoms with Crippen molar-refractivity contribution in [3.05, 3.63) is 11.6 Å². The zero-order valence-electron chi connectivity index (χ0n) is 13.4. The summed E-state index contributed by atoms with van der Waals surface area (Å²) in [6.45, 7) is 7.26. The van der Waals surface area contributed by atoms with Crippen molar-refractivity contribution in [2.24, 2.45) is 0 Å². The minimum atomic E-state index is 0.0835. The summed E-state index contributed by atoms with van der Waals surface area (Å²) >= 11 is 0. The Labute approximate surface area is 127 Å². The Morgan fingerprint density at radius 2 is 2.14 bits per heavy atom. The Morgan fingerprint density at radius 3 is 2.95 bits per heavy atom. The van der Waals surface area contributed by atoms with Gasteiger partial charge in [-0.2, -0.15) is 0 Å². The van der Waals surface area contributed by atoms with Gasteiger partial charge in [-0.15, -0.1) is 10.2 Å². The van der Waals surface area contributed by atoms with E-state index in [4.69, 9.17) is 4.74 Å². The fourth-order valence-electron chi connectivity index (χ4n) is 3.68. The smallest absolute Gasteiger partial charge is 0.147 e. The molecule has 1 fully saturated rings. The molecule has 1 atom stereocenters. The number of rotatable bonds is 5. The number of hydrogen-bond donors (Lipinski definition) is 1. The summed E-state index contributed by atoms with van der Waals surface area (Å²) in [4.78, 5) is 0. The number of ether oxygens (including phenoxy) is 1. The van der Waals surface area contributed by atoms with Gasteiger partial charge in [0.05, 0.1) is 12.1 Å². The van der Waals surface area contributed by atoms with Crippen LogP contribution in [-0.2, 0) is 24.2 Å². The van der Waals surface area contributed by atoms with Crippen molar-refractivity contribution in [2.75, 3.05) is 6.61 Å².